The van der Waals surface area contributed by atoms with Crippen molar-refractivity contribution in [2.45, 2.75) is 23.6 Å². The fraction of sp³-hybridized carbons (Fsp3) is 0.200. The van der Waals surface area contributed by atoms with Crippen molar-refractivity contribution in [3.63, 3.8) is 0 Å². The molecular formula is C15H18ClNaO4S2. The summed E-state index contributed by atoms with van der Waals surface area (Å²) in [5.74, 6) is 0. The predicted molar refractivity (Wildman–Crippen MR) is 90.2 cm³/mol. The Hall–Kier alpha value is -0.0500. The second-order valence-corrected chi connectivity index (χ2v) is 6.48. The number of hydrogen-bond acceptors (Lipinski definition) is 4. The number of benzene rings is 2. The van der Waals surface area contributed by atoms with E-state index in [1.807, 2.05) is 26.0 Å². The molecule has 0 saturated heterocycles. The minimum atomic E-state index is -2.09. The Bertz CT molecular complexity index is 618. The Labute approximate surface area is 170 Å². The molecule has 0 bridgehead atoms. The monoisotopic (exact) mass is 384 g/mol. The molecule has 0 aromatic heterocycles. The van der Waals surface area contributed by atoms with Gasteiger partial charge in [-0.1, -0.05) is 35.4 Å². The molecule has 0 amide bonds. The molecule has 4 nitrogen and oxygen atoms in total. The summed E-state index contributed by atoms with van der Waals surface area (Å²) in [6.07, 6.45) is 0. The van der Waals surface area contributed by atoms with E-state index in [-0.39, 0.29) is 42.0 Å². The van der Waals surface area contributed by atoms with Gasteiger partial charge in [-0.25, -0.2) is 4.21 Å². The molecule has 122 valence electrons. The average molecular weight is 385 g/mol. The van der Waals surface area contributed by atoms with Crippen LogP contribution in [0, 0.1) is 13.8 Å². The van der Waals surface area contributed by atoms with Crippen molar-refractivity contribution >= 4 is 34.6 Å². The van der Waals surface area contributed by atoms with Crippen LogP contribution in [0.3, 0.4) is 0 Å². The average Bonchev–Trinajstić information content (AvgIpc) is 2.48. The van der Waals surface area contributed by atoms with Crippen LogP contribution in [0.25, 0.3) is 0 Å². The van der Waals surface area contributed by atoms with Crippen molar-refractivity contribution in [3.05, 3.63) is 59.7 Å². The second kappa shape index (κ2) is 13.3. The third-order valence-corrected chi connectivity index (χ3v) is 4.20. The summed E-state index contributed by atoms with van der Waals surface area (Å²) in [7, 11) is 1.43. The third-order valence-electron chi connectivity index (χ3n) is 2.58. The summed E-state index contributed by atoms with van der Waals surface area (Å²) < 4.78 is 36.3. The zero-order chi connectivity index (χ0) is 15.8. The van der Waals surface area contributed by atoms with Gasteiger partial charge in [0.05, 0.1) is 12.0 Å². The molecular weight excluding hydrogens is 367 g/mol. The second-order valence-electron chi connectivity index (χ2n) is 4.26. The molecule has 0 N–H and O–H groups in total. The molecule has 0 heterocycles. The summed E-state index contributed by atoms with van der Waals surface area (Å²) >= 11 is -3.39. The minimum Gasteiger partial charge on any atom is -0.768 e. The van der Waals surface area contributed by atoms with Gasteiger partial charge in [0.25, 0.3) is 0 Å². The molecule has 0 aliphatic carbocycles. The zero-order valence-corrected chi connectivity index (χ0v) is 17.9. The first-order chi connectivity index (χ1) is 9.93. The molecule has 2 atom stereocenters. The van der Waals surface area contributed by atoms with E-state index in [2.05, 4.69) is 4.18 Å². The van der Waals surface area contributed by atoms with Crippen LogP contribution < -0.4 is 29.6 Å². The van der Waals surface area contributed by atoms with Crippen LogP contribution in [0.2, 0.25) is 0 Å². The van der Waals surface area contributed by atoms with Crippen LogP contribution in [0.1, 0.15) is 11.1 Å². The normalized spacial score (nSPS) is 11.8. The van der Waals surface area contributed by atoms with Gasteiger partial charge in [-0.15, -0.1) is 12.4 Å². The Kier molecular flexibility index (Phi) is 14.5. The molecule has 0 saturated carbocycles. The maximum Gasteiger partial charge on any atom is 1.00 e. The van der Waals surface area contributed by atoms with Gasteiger partial charge < -0.3 is 4.55 Å². The summed E-state index contributed by atoms with van der Waals surface area (Å²) in [5.41, 5.74) is 2.22. The van der Waals surface area contributed by atoms with E-state index >= 15 is 0 Å². The molecule has 0 radical (unpaired) electrons. The first-order valence-corrected chi connectivity index (χ1v) is 8.28. The van der Waals surface area contributed by atoms with Crippen molar-refractivity contribution in [1.29, 1.82) is 0 Å². The van der Waals surface area contributed by atoms with E-state index in [9.17, 15) is 13.0 Å². The van der Waals surface area contributed by atoms with Crippen LogP contribution in [0.15, 0.2) is 58.3 Å². The quantitative estimate of drug-likeness (QED) is 0.565. The summed E-state index contributed by atoms with van der Waals surface area (Å²) in [6, 6.07) is 14.1. The molecule has 0 aliphatic rings. The van der Waals surface area contributed by atoms with Crippen LogP contribution in [0.4, 0.5) is 0 Å². The van der Waals surface area contributed by atoms with Crippen molar-refractivity contribution in [1.82, 2.24) is 0 Å². The Morgan fingerprint density at radius 1 is 0.826 bits per heavy atom. The fourth-order valence-electron chi connectivity index (χ4n) is 1.39. The van der Waals surface area contributed by atoms with E-state index in [4.69, 9.17) is 0 Å². The van der Waals surface area contributed by atoms with Gasteiger partial charge in [-0.2, -0.15) is 0 Å². The molecule has 8 heteroatoms. The van der Waals surface area contributed by atoms with Crippen LogP contribution >= 0.6 is 12.4 Å². The molecule has 2 rings (SSSR count). The van der Waals surface area contributed by atoms with Crippen molar-refractivity contribution in [3.8, 4) is 0 Å². The number of aryl methyl sites for hydroxylation is 2. The number of halogens is 1. The topological polar surface area (TPSA) is 66.4 Å². The Balaban J connectivity index is 0. The maximum absolute atomic E-state index is 11.0. The summed E-state index contributed by atoms with van der Waals surface area (Å²) in [4.78, 5) is 1.05. The van der Waals surface area contributed by atoms with E-state index in [1.54, 1.807) is 36.4 Å². The summed E-state index contributed by atoms with van der Waals surface area (Å²) in [5, 5.41) is 0. The first kappa shape index (κ1) is 25.2. The van der Waals surface area contributed by atoms with E-state index in [1.165, 1.54) is 7.11 Å². The SMILES string of the molecule is COS(=O)c1ccc(C)cc1.Cc1ccc(S(=O)[O-])cc1.Cl.[Na+]. The van der Waals surface area contributed by atoms with Gasteiger partial charge in [-0.05, 0) is 49.2 Å². The Morgan fingerprint density at radius 2 is 1.17 bits per heavy atom. The zero-order valence-electron chi connectivity index (χ0n) is 13.5. The number of rotatable bonds is 3. The van der Waals surface area contributed by atoms with Gasteiger partial charge in [-0.3, -0.25) is 8.39 Å². The minimum absolute atomic E-state index is 0. The standard InChI is InChI=1S/C8H10O2S.C7H8O2S.ClH.Na/c1-7-3-5-8(6-4-7)11(9)10-2;1-6-2-4-7(5-3-6)10(8)9;;/h3-6H,1-2H3;2-5H,1H3,(H,8,9);1H;/q;;;+1/p-1. The van der Waals surface area contributed by atoms with E-state index in [0.29, 0.717) is 9.79 Å². The van der Waals surface area contributed by atoms with Crippen LogP contribution in [0.5, 0.6) is 0 Å². The van der Waals surface area contributed by atoms with Gasteiger partial charge in [0.2, 0.25) is 0 Å². The van der Waals surface area contributed by atoms with Crippen LogP contribution in [-0.4, -0.2) is 20.1 Å². The maximum atomic E-state index is 11.0. The van der Waals surface area contributed by atoms with Gasteiger partial charge >= 0.3 is 29.6 Å². The van der Waals surface area contributed by atoms with Crippen molar-refractivity contribution in [2.75, 3.05) is 7.11 Å². The summed E-state index contributed by atoms with van der Waals surface area (Å²) in [6.45, 7) is 3.90. The molecule has 0 fully saturated rings. The Morgan fingerprint density at radius 3 is 1.48 bits per heavy atom. The molecule has 2 unspecified atom stereocenters. The molecule has 0 spiro atoms. The van der Waals surface area contributed by atoms with Crippen molar-refractivity contribution in [2.24, 2.45) is 0 Å². The largest absolute Gasteiger partial charge is 1.00 e. The smallest absolute Gasteiger partial charge is 0.768 e. The third kappa shape index (κ3) is 9.74. The number of hydrogen-bond donors (Lipinski definition) is 0. The molecule has 23 heavy (non-hydrogen) atoms. The fourth-order valence-corrected chi connectivity index (χ4v) is 2.30. The molecule has 2 aromatic carbocycles. The van der Waals surface area contributed by atoms with Gasteiger partial charge in [0, 0.05) is 4.90 Å². The predicted octanol–water partition coefficient (Wildman–Crippen LogP) is 0.323. The molecule has 0 aliphatic heterocycles. The van der Waals surface area contributed by atoms with Crippen LogP contribution in [-0.2, 0) is 26.3 Å². The van der Waals surface area contributed by atoms with E-state index < -0.39 is 22.2 Å². The van der Waals surface area contributed by atoms with Crippen molar-refractivity contribution < 1.29 is 46.7 Å². The van der Waals surface area contributed by atoms with Gasteiger partial charge in [0.15, 0.2) is 11.1 Å². The molecule has 2 aromatic rings. The van der Waals surface area contributed by atoms with Gasteiger partial charge in [0.1, 0.15) is 0 Å². The first-order valence-electron chi connectivity index (χ1n) is 6.13. The van der Waals surface area contributed by atoms with E-state index in [0.717, 1.165) is 11.1 Å².